The van der Waals surface area contributed by atoms with Crippen LogP contribution in [-0.2, 0) is 11.8 Å². The highest BCUT2D eigenvalue weighted by molar-refractivity contribution is 5.72. The maximum absolute atomic E-state index is 11.0. The predicted octanol–water partition coefficient (Wildman–Crippen LogP) is -0.723. The van der Waals surface area contributed by atoms with Crippen LogP contribution in [0.1, 0.15) is 0 Å². The summed E-state index contributed by atoms with van der Waals surface area (Å²) in [5.74, 6) is -0.985. The summed E-state index contributed by atoms with van der Waals surface area (Å²) in [6, 6.07) is 1.29. The Balaban J connectivity index is 2.74. The molecule has 0 aliphatic heterocycles. The molecule has 1 aromatic heterocycles. The van der Waals surface area contributed by atoms with Crippen LogP contribution in [0.4, 0.5) is 5.69 Å². The molecule has 70 valence electrons. The first-order valence-electron chi connectivity index (χ1n) is 3.58. The van der Waals surface area contributed by atoms with Crippen molar-refractivity contribution in [1.29, 1.82) is 0 Å². The van der Waals surface area contributed by atoms with Crippen LogP contribution in [0.5, 0.6) is 0 Å². The van der Waals surface area contributed by atoms with E-state index in [9.17, 15) is 9.59 Å². The standard InChI is InChI=1S/C7H9N3O3/c1-10-6(11)2-5(3-9-10)8-4-7(12)13/h2-3,8H,4H2,1H3,(H,12,13). The summed E-state index contributed by atoms with van der Waals surface area (Å²) in [4.78, 5) is 21.2. The summed E-state index contributed by atoms with van der Waals surface area (Å²) in [5, 5.41) is 14.6. The Morgan fingerprint density at radius 2 is 2.46 bits per heavy atom. The summed E-state index contributed by atoms with van der Waals surface area (Å²) in [6.07, 6.45) is 1.39. The van der Waals surface area contributed by atoms with Crippen LogP contribution in [0, 0.1) is 0 Å². The van der Waals surface area contributed by atoms with Gasteiger partial charge < -0.3 is 10.4 Å². The van der Waals surface area contributed by atoms with E-state index in [-0.39, 0.29) is 12.1 Å². The minimum Gasteiger partial charge on any atom is -0.480 e. The fraction of sp³-hybridized carbons (Fsp3) is 0.286. The molecule has 0 atom stereocenters. The van der Waals surface area contributed by atoms with Gasteiger partial charge in [-0.25, -0.2) is 4.68 Å². The monoisotopic (exact) mass is 183 g/mol. The number of hydrogen-bond acceptors (Lipinski definition) is 4. The van der Waals surface area contributed by atoms with Crippen LogP contribution >= 0.6 is 0 Å². The molecule has 0 radical (unpaired) electrons. The van der Waals surface area contributed by atoms with E-state index in [1.54, 1.807) is 0 Å². The topological polar surface area (TPSA) is 84.2 Å². The van der Waals surface area contributed by atoms with Crippen molar-refractivity contribution in [2.24, 2.45) is 7.05 Å². The maximum Gasteiger partial charge on any atom is 0.322 e. The molecule has 13 heavy (non-hydrogen) atoms. The molecule has 0 fully saturated rings. The second-order valence-corrected chi connectivity index (χ2v) is 2.45. The predicted molar refractivity (Wildman–Crippen MR) is 45.6 cm³/mol. The average Bonchev–Trinajstić information content (AvgIpc) is 2.07. The minimum atomic E-state index is -0.985. The first kappa shape index (κ1) is 9.24. The van der Waals surface area contributed by atoms with E-state index >= 15 is 0 Å². The Hall–Kier alpha value is -1.85. The lowest BCUT2D eigenvalue weighted by Gasteiger charge is -2.02. The Bertz CT molecular complexity index is 371. The van der Waals surface area contributed by atoms with Crippen LogP contribution in [0.2, 0.25) is 0 Å². The van der Waals surface area contributed by atoms with Crippen molar-refractivity contribution < 1.29 is 9.90 Å². The highest BCUT2D eigenvalue weighted by Gasteiger charge is 1.98. The third kappa shape index (κ3) is 2.58. The molecule has 0 aromatic carbocycles. The minimum absolute atomic E-state index is 0.227. The first-order chi connectivity index (χ1) is 6.09. The number of carboxylic acids is 1. The number of aromatic nitrogens is 2. The van der Waals surface area contributed by atoms with Gasteiger partial charge in [-0.1, -0.05) is 0 Å². The van der Waals surface area contributed by atoms with Gasteiger partial charge in [0.1, 0.15) is 6.54 Å². The molecule has 0 bridgehead atoms. The molecule has 0 saturated heterocycles. The fourth-order valence-electron chi connectivity index (χ4n) is 0.744. The van der Waals surface area contributed by atoms with Gasteiger partial charge in [0, 0.05) is 13.1 Å². The van der Waals surface area contributed by atoms with E-state index in [0.29, 0.717) is 5.69 Å². The van der Waals surface area contributed by atoms with Gasteiger partial charge in [-0.3, -0.25) is 9.59 Å². The molecule has 0 aliphatic carbocycles. The molecular weight excluding hydrogens is 174 g/mol. The Labute approximate surface area is 73.8 Å². The molecule has 1 rings (SSSR count). The molecule has 1 aromatic rings. The molecule has 2 N–H and O–H groups in total. The number of carbonyl (C=O) groups is 1. The Morgan fingerprint density at radius 1 is 1.77 bits per heavy atom. The molecular formula is C7H9N3O3. The molecule has 6 heteroatoms. The number of anilines is 1. The lowest BCUT2D eigenvalue weighted by atomic mass is 10.4. The fourth-order valence-corrected chi connectivity index (χ4v) is 0.744. The van der Waals surface area contributed by atoms with E-state index in [2.05, 4.69) is 10.4 Å². The van der Waals surface area contributed by atoms with Gasteiger partial charge in [-0.05, 0) is 0 Å². The highest BCUT2D eigenvalue weighted by atomic mass is 16.4. The molecule has 1 heterocycles. The quantitative estimate of drug-likeness (QED) is 0.645. The molecule has 6 nitrogen and oxygen atoms in total. The van der Waals surface area contributed by atoms with Crippen molar-refractivity contribution in [3.05, 3.63) is 22.6 Å². The molecule has 0 spiro atoms. The summed E-state index contributed by atoms with van der Waals surface area (Å²) in [7, 11) is 1.52. The largest absolute Gasteiger partial charge is 0.480 e. The van der Waals surface area contributed by atoms with Crippen LogP contribution in [0.25, 0.3) is 0 Å². The average molecular weight is 183 g/mol. The molecule has 0 amide bonds. The highest BCUT2D eigenvalue weighted by Crippen LogP contribution is 1.97. The summed E-state index contributed by atoms with van der Waals surface area (Å²) < 4.78 is 1.16. The number of nitrogens with one attached hydrogen (secondary N) is 1. The normalized spacial score (nSPS) is 9.62. The second-order valence-electron chi connectivity index (χ2n) is 2.45. The number of carboxylic acid groups (broad SMARTS) is 1. The first-order valence-corrected chi connectivity index (χ1v) is 3.58. The SMILES string of the molecule is Cn1ncc(NCC(=O)O)cc1=O. The van der Waals surface area contributed by atoms with Gasteiger partial charge >= 0.3 is 5.97 Å². The van der Waals surface area contributed by atoms with E-state index < -0.39 is 5.97 Å². The van der Waals surface area contributed by atoms with Gasteiger partial charge in [0.25, 0.3) is 5.56 Å². The summed E-state index contributed by atoms with van der Waals surface area (Å²) >= 11 is 0. The van der Waals surface area contributed by atoms with Gasteiger partial charge in [-0.2, -0.15) is 5.10 Å². The number of aliphatic carboxylic acids is 1. The summed E-state index contributed by atoms with van der Waals surface area (Å²) in [6.45, 7) is -0.227. The van der Waals surface area contributed by atoms with Crippen LogP contribution in [-0.4, -0.2) is 27.4 Å². The Morgan fingerprint density at radius 3 is 3.00 bits per heavy atom. The molecule has 0 saturated carbocycles. The zero-order chi connectivity index (χ0) is 9.84. The van der Waals surface area contributed by atoms with Gasteiger partial charge in [0.2, 0.25) is 0 Å². The van der Waals surface area contributed by atoms with Crippen molar-refractivity contribution in [3.63, 3.8) is 0 Å². The van der Waals surface area contributed by atoms with Gasteiger partial charge in [0.15, 0.2) is 0 Å². The maximum atomic E-state index is 11.0. The number of rotatable bonds is 3. The summed E-state index contributed by atoms with van der Waals surface area (Å²) in [5.41, 5.74) is 0.126. The van der Waals surface area contributed by atoms with Crippen LogP contribution in [0.15, 0.2) is 17.1 Å². The van der Waals surface area contributed by atoms with E-state index in [1.165, 1.54) is 19.3 Å². The van der Waals surface area contributed by atoms with E-state index in [4.69, 9.17) is 5.11 Å². The van der Waals surface area contributed by atoms with Gasteiger partial charge in [0.05, 0.1) is 11.9 Å². The lowest BCUT2D eigenvalue weighted by Crippen LogP contribution is -2.20. The molecule has 0 unspecified atom stereocenters. The van der Waals surface area contributed by atoms with Crippen LogP contribution < -0.4 is 10.9 Å². The zero-order valence-corrected chi connectivity index (χ0v) is 7.02. The smallest absolute Gasteiger partial charge is 0.322 e. The number of hydrogen-bond donors (Lipinski definition) is 2. The zero-order valence-electron chi connectivity index (χ0n) is 7.02. The lowest BCUT2D eigenvalue weighted by molar-refractivity contribution is -0.134. The van der Waals surface area contributed by atoms with Crippen molar-refractivity contribution in [1.82, 2.24) is 9.78 Å². The number of nitrogens with zero attached hydrogens (tertiary/aromatic N) is 2. The van der Waals surface area contributed by atoms with Crippen molar-refractivity contribution in [2.75, 3.05) is 11.9 Å². The third-order valence-electron chi connectivity index (χ3n) is 1.41. The third-order valence-corrected chi connectivity index (χ3v) is 1.41. The molecule has 0 aliphatic rings. The second kappa shape index (κ2) is 3.70. The van der Waals surface area contributed by atoms with Crippen molar-refractivity contribution in [2.45, 2.75) is 0 Å². The number of aryl methyl sites for hydroxylation is 1. The van der Waals surface area contributed by atoms with Crippen molar-refractivity contribution >= 4 is 11.7 Å². The van der Waals surface area contributed by atoms with E-state index in [1.807, 2.05) is 0 Å². The Kier molecular flexibility index (Phi) is 2.63. The van der Waals surface area contributed by atoms with Gasteiger partial charge in [-0.15, -0.1) is 0 Å². The van der Waals surface area contributed by atoms with Crippen molar-refractivity contribution in [3.8, 4) is 0 Å². The van der Waals surface area contributed by atoms with Crippen LogP contribution in [0.3, 0.4) is 0 Å². The van der Waals surface area contributed by atoms with E-state index in [0.717, 1.165) is 4.68 Å².